The van der Waals surface area contributed by atoms with E-state index >= 15 is 0 Å². The van der Waals surface area contributed by atoms with E-state index in [-0.39, 0.29) is 17.9 Å². The van der Waals surface area contributed by atoms with Crippen molar-refractivity contribution in [3.05, 3.63) is 108 Å². The summed E-state index contributed by atoms with van der Waals surface area (Å²) in [6.07, 6.45) is 3.02. The largest absolute Gasteiger partial charge is 0.467 e. The summed E-state index contributed by atoms with van der Waals surface area (Å²) in [5, 5.41) is 0. The monoisotopic (exact) mass is 537 g/mol. The molecule has 0 unspecified atom stereocenters. The number of methoxy groups -OCH3 is 1. The van der Waals surface area contributed by atoms with Crippen LogP contribution in [0.25, 0.3) is 0 Å². The molecule has 0 N–H and O–H groups in total. The van der Waals surface area contributed by atoms with Crippen LogP contribution in [0.1, 0.15) is 41.9 Å². The van der Waals surface area contributed by atoms with Crippen molar-refractivity contribution in [2.75, 3.05) is 33.3 Å². The first-order valence-corrected chi connectivity index (χ1v) is 14.6. The number of piperidine rings is 1. The van der Waals surface area contributed by atoms with Crippen molar-refractivity contribution in [3.8, 4) is 0 Å². The molecular weight excluding hydrogens is 498 g/mol. The molecule has 6 heteroatoms. The predicted octanol–water partition coefficient (Wildman–Crippen LogP) is 4.56. The highest BCUT2D eigenvalue weighted by molar-refractivity contribution is 5.91. The highest BCUT2D eigenvalue weighted by atomic mass is 16.5. The van der Waals surface area contributed by atoms with E-state index in [1.54, 1.807) is 0 Å². The highest BCUT2D eigenvalue weighted by Gasteiger charge is 2.48. The van der Waals surface area contributed by atoms with Crippen LogP contribution in [-0.2, 0) is 20.9 Å². The van der Waals surface area contributed by atoms with Crippen molar-refractivity contribution in [1.82, 2.24) is 14.7 Å². The van der Waals surface area contributed by atoms with Crippen LogP contribution < -0.4 is 0 Å². The Hall–Kier alpha value is -3.48. The lowest BCUT2D eigenvalue weighted by Gasteiger charge is -2.41. The molecule has 3 aliphatic heterocycles. The average Bonchev–Trinajstić information content (AvgIpc) is 3.63. The van der Waals surface area contributed by atoms with Gasteiger partial charge in [0.05, 0.1) is 13.0 Å². The Labute approximate surface area is 237 Å². The van der Waals surface area contributed by atoms with E-state index in [1.165, 1.54) is 19.1 Å². The maximum absolute atomic E-state index is 14.4. The molecule has 3 fully saturated rings. The molecule has 3 heterocycles. The lowest BCUT2D eigenvalue weighted by atomic mass is 9.90. The molecule has 0 bridgehead atoms. The van der Waals surface area contributed by atoms with Gasteiger partial charge in [-0.2, -0.15) is 0 Å². The first-order chi connectivity index (χ1) is 19.6. The van der Waals surface area contributed by atoms with E-state index < -0.39 is 12.0 Å². The standard InChI is InChI=1S/C34H39N3O3/c1-40-34(39)30-20-29(36-19-11-18-28-22-35(24-31(28)36)21-25-12-5-2-6-13-25)23-37(30)33(38)32(26-14-7-3-8-15-26)27-16-9-4-10-17-27/h2-10,12-17,28-32H,11,18-24H2,1H3/t28-,29-,30-,31+/m0/s1. The second-order valence-corrected chi connectivity index (χ2v) is 11.6. The second-order valence-electron chi connectivity index (χ2n) is 11.6. The number of likely N-dealkylation sites (tertiary alicyclic amines) is 3. The molecule has 3 saturated heterocycles. The second kappa shape index (κ2) is 11.9. The number of amides is 1. The number of hydrogen-bond donors (Lipinski definition) is 0. The quantitative estimate of drug-likeness (QED) is 0.414. The zero-order chi connectivity index (χ0) is 27.5. The van der Waals surface area contributed by atoms with Crippen molar-refractivity contribution in [1.29, 1.82) is 0 Å². The Kier molecular flexibility index (Phi) is 7.98. The van der Waals surface area contributed by atoms with E-state index in [0.717, 1.165) is 43.7 Å². The van der Waals surface area contributed by atoms with Gasteiger partial charge in [-0.3, -0.25) is 14.6 Å². The van der Waals surface area contributed by atoms with Crippen LogP contribution in [0.5, 0.6) is 0 Å². The Bertz CT molecular complexity index is 1250. The first-order valence-electron chi connectivity index (χ1n) is 14.6. The molecule has 1 amide bonds. The normalized spacial score (nSPS) is 25.2. The molecule has 6 rings (SSSR count). The Morgan fingerprint density at radius 3 is 2.10 bits per heavy atom. The topological polar surface area (TPSA) is 53.1 Å². The smallest absolute Gasteiger partial charge is 0.328 e. The molecule has 208 valence electrons. The van der Waals surface area contributed by atoms with Crippen LogP contribution in [0.15, 0.2) is 91.0 Å². The number of ether oxygens (including phenoxy) is 1. The molecule has 3 aliphatic rings. The number of carbonyl (C=O) groups excluding carboxylic acids is 2. The van der Waals surface area contributed by atoms with Crippen LogP contribution in [0.2, 0.25) is 0 Å². The fraction of sp³-hybridized carbons (Fsp3) is 0.412. The average molecular weight is 538 g/mol. The zero-order valence-electron chi connectivity index (χ0n) is 23.3. The van der Waals surface area contributed by atoms with Gasteiger partial charge in [0.15, 0.2) is 0 Å². The van der Waals surface area contributed by atoms with Crippen LogP contribution in [-0.4, -0.2) is 78.0 Å². The molecule has 0 saturated carbocycles. The van der Waals surface area contributed by atoms with Gasteiger partial charge in [0.2, 0.25) is 5.91 Å². The van der Waals surface area contributed by atoms with Gasteiger partial charge in [-0.1, -0.05) is 91.0 Å². The highest BCUT2D eigenvalue weighted by Crippen LogP contribution is 2.37. The Morgan fingerprint density at radius 1 is 0.850 bits per heavy atom. The molecule has 0 aliphatic carbocycles. The number of esters is 1. The minimum absolute atomic E-state index is 0.0269. The maximum Gasteiger partial charge on any atom is 0.328 e. The fourth-order valence-electron chi connectivity index (χ4n) is 7.32. The van der Waals surface area contributed by atoms with Crippen molar-refractivity contribution in [3.63, 3.8) is 0 Å². The van der Waals surface area contributed by atoms with Gasteiger partial charge in [-0.05, 0) is 48.4 Å². The van der Waals surface area contributed by atoms with Crippen molar-refractivity contribution < 1.29 is 14.3 Å². The van der Waals surface area contributed by atoms with Crippen LogP contribution in [0.3, 0.4) is 0 Å². The first kappa shape index (κ1) is 26.7. The molecule has 40 heavy (non-hydrogen) atoms. The number of fused-ring (bicyclic) bond motifs is 1. The summed E-state index contributed by atoms with van der Waals surface area (Å²) in [5.74, 6) is -0.183. The minimum Gasteiger partial charge on any atom is -0.467 e. The third kappa shape index (κ3) is 5.43. The van der Waals surface area contributed by atoms with Gasteiger partial charge >= 0.3 is 5.97 Å². The van der Waals surface area contributed by atoms with Gasteiger partial charge < -0.3 is 9.64 Å². The van der Waals surface area contributed by atoms with Crippen molar-refractivity contribution >= 4 is 11.9 Å². The van der Waals surface area contributed by atoms with E-state index in [2.05, 4.69) is 40.1 Å². The third-order valence-electron chi connectivity index (χ3n) is 9.17. The summed E-state index contributed by atoms with van der Waals surface area (Å²) >= 11 is 0. The molecule has 0 radical (unpaired) electrons. The van der Waals surface area contributed by atoms with E-state index in [0.29, 0.717) is 24.9 Å². The third-order valence-corrected chi connectivity index (χ3v) is 9.17. The van der Waals surface area contributed by atoms with Gasteiger partial charge in [-0.15, -0.1) is 0 Å². The van der Waals surface area contributed by atoms with E-state index in [4.69, 9.17) is 4.74 Å². The lowest BCUT2D eigenvalue weighted by molar-refractivity contribution is -0.151. The lowest BCUT2D eigenvalue weighted by Crippen LogP contribution is -2.51. The van der Waals surface area contributed by atoms with Crippen LogP contribution >= 0.6 is 0 Å². The molecule has 0 aromatic heterocycles. The van der Waals surface area contributed by atoms with Crippen molar-refractivity contribution in [2.24, 2.45) is 5.92 Å². The summed E-state index contributed by atoms with van der Waals surface area (Å²) in [7, 11) is 1.43. The Balaban J connectivity index is 1.24. The number of nitrogens with zero attached hydrogens (tertiary/aromatic N) is 3. The van der Waals surface area contributed by atoms with Crippen LogP contribution in [0.4, 0.5) is 0 Å². The fourth-order valence-corrected chi connectivity index (χ4v) is 7.32. The SMILES string of the molecule is COC(=O)[C@@H]1C[C@H](N2CCC[C@H]3CN(Cc4ccccc4)C[C@H]32)CN1C(=O)C(c1ccccc1)c1ccccc1. The zero-order valence-corrected chi connectivity index (χ0v) is 23.3. The molecule has 6 nitrogen and oxygen atoms in total. The minimum atomic E-state index is -0.570. The summed E-state index contributed by atoms with van der Waals surface area (Å²) in [4.78, 5) is 34.5. The summed E-state index contributed by atoms with van der Waals surface area (Å²) in [6, 6.07) is 30.6. The molecular formula is C34H39N3O3. The number of benzene rings is 3. The maximum atomic E-state index is 14.4. The number of rotatable bonds is 7. The van der Waals surface area contributed by atoms with Gasteiger partial charge in [0.25, 0.3) is 0 Å². The van der Waals surface area contributed by atoms with Gasteiger partial charge in [-0.25, -0.2) is 4.79 Å². The number of carbonyl (C=O) groups is 2. The molecule has 4 atom stereocenters. The Morgan fingerprint density at radius 2 is 1.48 bits per heavy atom. The summed E-state index contributed by atoms with van der Waals surface area (Å²) in [5.41, 5.74) is 3.23. The van der Waals surface area contributed by atoms with Crippen molar-refractivity contribution in [2.45, 2.75) is 49.9 Å². The van der Waals surface area contributed by atoms with Gasteiger partial charge in [0, 0.05) is 38.3 Å². The molecule has 0 spiro atoms. The van der Waals surface area contributed by atoms with E-state index in [9.17, 15) is 9.59 Å². The molecule has 3 aromatic carbocycles. The predicted molar refractivity (Wildman–Crippen MR) is 156 cm³/mol. The van der Waals surface area contributed by atoms with Gasteiger partial charge in [0.1, 0.15) is 6.04 Å². The van der Waals surface area contributed by atoms with Crippen LogP contribution in [0, 0.1) is 5.92 Å². The summed E-state index contributed by atoms with van der Waals surface area (Å²) < 4.78 is 5.25. The van der Waals surface area contributed by atoms with E-state index in [1.807, 2.05) is 65.6 Å². The number of hydrogen-bond acceptors (Lipinski definition) is 5. The summed E-state index contributed by atoms with van der Waals surface area (Å²) in [6.45, 7) is 4.68. The molecule has 3 aromatic rings.